The van der Waals surface area contributed by atoms with Crippen LogP contribution < -0.4 is 5.32 Å². The van der Waals surface area contributed by atoms with E-state index in [2.05, 4.69) is 37.3 Å². The third-order valence-electron chi connectivity index (χ3n) is 3.10. The van der Waals surface area contributed by atoms with Crippen molar-refractivity contribution in [3.05, 3.63) is 18.0 Å². The van der Waals surface area contributed by atoms with Gasteiger partial charge in [0.25, 0.3) is 0 Å². The minimum Gasteiger partial charge on any atom is -0.316 e. The summed E-state index contributed by atoms with van der Waals surface area (Å²) in [6, 6.07) is 2.11. The first-order valence-electron chi connectivity index (χ1n) is 6.77. The maximum absolute atomic E-state index is 4.19. The molecule has 1 aromatic heterocycles. The van der Waals surface area contributed by atoms with Crippen molar-refractivity contribution in [3.63, 3.8) is 0 Å². The summed E-state index contributed by atoms with van der Waals surface area (Å²) >= 11 is 0. The van der Waals surface area contributed by atoms with Gasteiger partial charge >= 0.3 is 0 Å². The van der Waals surface area contributed by atoms with Crippen molar-refractivity contribution in [2.75, 3.05) is 13.1 Å². The highest BCUT2D eigenvalue weighted by molar-refractivity contribution is 4.99. The lowest BCUT2D eigenvalue weighted by molar-refractivity contribution is 0.442. The summed E-state index contributed by atoms with van der Waals surface area (Å²) in [6.45, 7) is 9.10. The molecule has 0 aliphatic carbocycles. The lowest BCUT2D eigenvalue weighted by Crippen LogP contribution is -2.25. The van der Waals surface area contributed by atoms with Crippen LogP contribution >= 0.6 is 0 Å². The van der Waals surface area contributed by atoms with Gasteiger partial charge in [-0.3, -0.25) is 4.68 Å². The van der Waals surface area contributed by atoms with Gasteiger partial charge in [0.15, 0.2) is 0 Å². The molecule has 0 saturated carbocycles. The van der Waals surface area contributed by atoms with Gasteiger partial charge in [-0.25, -0.2) is 0 Å². The molecule has 0 aromatic carbocycles. The van der Waals surface area contributed by atoms with Gasteiger partial charge in [0, 0.05) is 18.9 Å². The molecule has 0 fully saturated rings. The zero-order valence-electron chi connectivity index (χ0n) is 11.7. The maximum atomic E-state index is 4.19. The van der Waals surface area contributed by atoms with Crippen molar-refractivity contribution in [3.8, 4) is 0 Å². The fourth-order valence-electron chi connectivity index (χ4n) is 2.00. The average Bonchev–Trinajstić information content (AvgIpc) is 2.64. The first-order chi connectivity index (χ1) is 8.09. The van der Waals surface area contributed by atoms with E-state index in [0.717, 1.165) is 31.3 Å². The Bertz CT molecular complexity index is 304. The summed E-state index contributed by atoms with van der Waals surface area (Å²) < 4.78 is 1.97. The Kier molecular flexibility index (Phi) is 6.27. The molecule has 0 aliphatic heterocycles. The molecule has 0 radical (unpaired) electrons. The molecular weight excluding hydrogens is 210 g/mol. The van der Waals surface area contributed by atoms with Crippen molar-refractivity contribution in [2.24, 2.45) is 18.9 Å². The van der Waals surface area contributed by atoms with E-state index in [4.69, 9.17) is 0 Å². The lowest BCUT2D eigenvalue weighted by atomic mass is 10.0. The number of hydrogen-bond acceptors (Lipinski definition) is 2. The Morgan fingerprint density at radius 3 is 2.65 bits per heavy atom. The Labute approximate surface area is 106 Å². The third-order valence-corrected chi connectivity index (χ3v) is 3.10. The van der Waals surface area contributed by atoms with Crippen LogP contribution in [0.2, 0.25) is 0 Å². The number of hydrogen-bond donors (Lipinski definition) is 1. The van der Waals surface area contributed by atoms with Crippen molar-refractivity contribution < 1.29 is 0 Å². The molecule has 1 aromatic rings. The van der Waals surface area contributed by atoms with Crippen LogP contribution in [-0.4, -0.2) is 22.9 Å². The first-order valence-corrected chi connectivity index (χ1v) is 6.77. The van der Waals surface area contributed by atoms with Crippen molar-refractivity contribution in [1.29, 1.82) is 0 Å². The fraction of sp³-hybridized carbons (Fsp3) is 0.786. The standard InChI is InChI=1S/C14H27N3/c1-12(2)10-15-11-13(3)6-5-7-14-8-9-16-17(14)4/h8-9,12-13,15H,5-7,10-11H2,1-4H3. The number of aryl methyl sites for hydroxylation is 2. The molecule has 0 amide bonds. The Morgan fingerprint density at radius 2 is 2.06 bits per heavy atom. The summed E-state index contributed by atoms with van der Waals surface area (Å²) in [4.78, 5) is 0. The summed E-state index contributed by atoms with van der Waals surface area (Å²) in [5.74, 6) is 1.51. The molecule has 1 N–H and O–H groups in total. The maximum Gasteiger partial charge on any atom is 0.0492 e. The van der Waals surface area contributed by atoms with E-state index in [-0.39, 0.29) is 0 Å². The van der Waals surface area contributed by atoms with Gasteiger partial charge in [0.2, 0.25) is 0 Å². The van der Waals surface area contributed by atoms with E-state index in [1.165, 1.54) is 18.5 Å². The van der Waals surface area contributed by atoms with E-state index >= 15 is 0 Å². The Balaban J connectivity index is 2.08. The molecule has 3 heteroatoms. The third kappa shape index (κ3) is 5.87. The second-order valence-corrected chi connectivity index (χ2v) is 5.50. The SMILES string of the molecule is CC(C)CNCC(C)CCCc1ccnn1C. The topological polar surface area (TPSA) is 29.9 Å². The fourth-order valence-corrected chi connectivity index (χ4v) is 2.00. The van der Waals surface area contributed by atoms with Crippen molar-refractivity contribution in [2.45, 2.75) is 40.0 Å². The molecular formula is C14H27N3. The highest BCUT2D eigenvalue weighted by Crippen LogP contribution is 2.09. The van der Waals surface area contributed by atoms with Gasteiger partial charge in [-0.2, -0.15) is 5.10 Å². The largest absolute Gasteiger partial charge is 0.316 e. The van der Waals surface area contributed by atoms with E-state index in [0.29, 0.717) is 0 Å². The molecule has 0 bridgehead atoms. The Hall–Kier alpha value is -0.830. The number of rotatable bonds is 8. The number of aromatic nitrogens is 2. The molecule has 0 spiro atoms. The minimum atomic E-state index is 0.747. The van der Waals surface area contributed by atoms with Crippen LogP contribution in [0.25, 0.3) is 0 Å². The second kappa shape index (κ2) is 7.49. The van der Waals surface area contributed by atoms with Crippen LogP contribution in [0, 0.1) is 11.8 Å². The second-order valence-electron chi connectivity index (χ2n) is 5.50. The van der Waals surface area contributed by atoms with Crippen LogP contribution in [-0.2, 0) is 13.5 Å². The van der Waals surface area contributed by atoms with Crippen LogP contribution in [0.1, 0.15) is 39.3 Å². The van der Waals surface area contributed by atoms with Crippen LogP contribution in [0.15, 0.2) is 12.3 Å². The van der Waals surface area contributed by atoms with Gasteiger partial charge in [-0.05, 0) is 50.3 Å². The summed E-state index contributed by atoms with van der Waals surface area (Å²) in [5.41, 5.74) is 1.34. The minimum absolute atomic E-state index is 0.747. The van der Waals surface area contributed by atoms with E-state index < -0.39 is 0 Å². The monoisotopic (exact) mass is 237 g/mol. The molecule has 1 rings (SSSR count). The zero-order chi connectivity index (χ0) is 12.7. The van der Waals surface area contributed by atoms with Crippen LogP contribution in [0.3, 0.4) is 0 Å². The predicted octanol–water partition coefficient (Wildman–Crippen LogP) is 2.62. The Morgan fingerprint density at radius 1 is 1.29 bits per heavy atom. The van der Waals surface area contributed by atoms with Crippen LogP contribution in [0.4, 0.5) is 0 Å². The molecule has 98 valence electrons. The van der Waals surface area contributed by atoms with Crippen molar-refractivity contribution >= 4 is 0 Å². The molecule has 1 atom stereocenters. The molecule has 17 heavy (non-hydrogen) atoms. The average molecular weight is 237 g/mol. The summed E-state index contributed by atoms with van der Waals surface area (Å²) in [6.07, 6.45) is 5.56. The number of nitrogens with zero attached hydrogens (tertiary/aromatic N) is 2. The molecule has 0 aliphatic rings. The van der Waals surface area contributed by atoms with Crippen LogP contribution in [0.5, 0.6) is 0 Å². The van der Waals surface area contributed by atoms with Gasteiger partial charge in [0.1, 0.15) is 0 Å². The normalized spacial score (nSPS) is 13.2. The first kappa shape index (κ1) is 14.2. The quantitative estimate of drug-likeness (QED) is 0.753. The van der Waals surface area contributed by atoms with E-state index in [1.54, 1.807) is 0 Å². The van der Waals surface area contributed by atoms with Gasteiger partial charge in [-0.1, -0.05) is 20.8 Å². The number of nitrogens with one attached hydrogen (secondary N) is 1. The van der Waals surface area contributed by atoms with Gasteiger partial charge in [-0.15, -0.1) is 0 Å². The molecule has 0 saturated heterocycles. The smallest absolute Gasteiger partial charge is 0.0492 e. The van der Waals surface area contributed by atoms with Gasteiger partial charge in [0.05, 0.1) is 0 Å². The zero-order valence-corrected chi connectivity index (χ0v) is 11.7. The molecule has 3 nitrogen and oxygen atoms in total. The highest BCUT2D eigenvalue weighted by Gasteiger charge is 2.04. The van der Waals surface area contributed by atoms with E-state index in [1.807, 2.05) is 17.9 Å². The highest BCUT2D eigenvalue weighted by atomic mass is 15.2. The van der Waals surface area contributed by atoms with Crippen molar-refractivity contribution in [1.82, 2.24) is 15.1 Å². The lowest BCUT2D eigenvalue weighted by Gasteiger charge is -2.13. The molecule has 1 unspecified atom stereocenters. The molecule has 1 heterocycles. The van der Waals surface area contributed by atoms with Gasteiger partial charge < -0.3 is 5.32 Å². The summed E-state index contributed by atoms with van der Waals surface area (Å²) in [5, 5.41) is 7.71. The predicted molar refractivity (Wildman–Crippen MR) is 73.0 cm³/mol. The van der Waals surface area contributed by atoms with E-state index in [9.17, 15) is 0 Å². The summed E-state index contributed by atoms with van der Waals surface area (Å²) in [7, 11) is 2.02.